The first-order chi connectivity index (χ1) is 11.4. The zero-order valence-corrected chi connectivity index (χ0v) is 14.9. The highest BCUT2D eigenvalue weighted by atomic mass is 32.2. The molecule has 7 heteroatoms. The van der Waals surface area contributed by atoms with E-state index in [9.17, 15) is 13.2 Å². The van der Waals surface area contributed by atoms with Crippen LogP contribution in [0.1, 0.15) is 25.7 Å². The van der Waals surface area contributed by atoms with E-state index in [0.717, 1.165) is 26.1 Å². The molecule has 1 fully saturated rings. The number of carbonyl (C=O) groups excluding carboxylic acids is 1. The van der Waals surface area contributed by atoms with Crippen molar-refractivity contribution in [2.45, 2.75) is 30.6 Å². The van der Waals surface area contributed by atoms with Crippen LogP contribution in [0.15, 0.2) is 29.2 Å². The first-order valence-corrected chi connectivity index (χ1v) is 10.2. The molecule has 1 unspecified atom stereocenters. The van der Waals surface area contributed by atoms with Gasteiger partial charge in [-0.15, -0.1) is 0 Å². The van der Waals surface area contributed by atoms with Gasteiger partial charge in [-0.2, -0.15) is 0 Å². The van der Waals surface area contributed by atoms with Crippen molar-refractivity contribution in [2.75, 3.05) is 32.5 Å². The number of hydrogen-bond donors (Lipinski definition) is 2. The van der Waals surface area contributed by atoms with E-state index in [4.69, 9.17) is 4.74 Å². The van der Waals surface area contributed by atoms with Crippen LogP contribution in [0.3, 0.4) is 0 Å². The Labute approximate surface area is 143 Å². The minimum atomic E-state index is -3.18. The number of ether oxygens (including phenoxy) is 1. The van der Waals surface area contributed by atoms with E-state index in [1.165, 1.54) is 24.8 Å². The van der Waals surface area contributed by atoms with Crippen LogP contribution in [0.5, 0.6) is 5.75 Å². The van der Waals surface area contributed by atoms with Crippen molar-refractivity contribution in [3.05, 3.63) is 24.3 Å². The van der Waals surface area contributed by atoms with Gasteiger partial charge in [-0.25, -0.2) is 8.42 Å². The maximum absolute atomic E-state index is 11.7. The third-order valence-electron chi connectivity index (χ3n) is 4.11. The zero-order chi connectivity index (χ0) is 17.4. The summed E-state index contributed by atoms with van der Waals surface area (Å²) in [6, 6.07) is 6.31. The highest BCUT2D eigenvalue weighted by Crippen LogP contribution is 2.16. The van der Waals surface area contributed by atoms with Gasteiger partial charge < -0.3 is 15.4 Å². The van der Waals surface area contributed by atoms with Gasteiger partial charge in [0, 0.05) is 19.2 Å². The molecule has 2 rings (SSSR count). The van der Waals surface area contributed by atoms with Crippen LogP contribution >= 0.6 is 0 Å². The Balaban J connectivity index is 1.57. The van der Waals surface area contributed by atoms with Crippen molar-refractivity contribution in [1.29, 1.82) is 0 Å². The van der Waals surface area contributed by atoms with Crippen LogP contribution in [0, 0.1) is 5.92 Å². The summed E-state index contributed by atoms with van der Waals surface area (Å²) in [5.74, 6) is 1.34. The molecule has 1 heterocycles. The van der Waals surface area contributed by atoms with Crippen molar-refractivity contribution in [1.82, 2.24) is 10.6 Å². The first-order valence-electron chi connectivity index (χ1n) is 8.35. The molecule has 1 aromatic carbocycles. The van der Waals surface area contributed by atoms with Crippen LogP contribution < -0.4 is 15.4 Å². The molecule has 1 amide bonds. The predicted octanol–water partition coefficient (Wildman–Crippen LogP) is 1.36. The lowest BCUT2D eigenvalue weighted by molar-refractivity contribution is -0.121. The third kappa shape index (κ3) is 6.49. The summed E-state index contributed by atoms with van der Waals surface area (Å²) >= 11 is 0. The molecule has 1 aromatic rings. The standard InChI is InChI=1S/C17H26N2O4S/c1-24(21,22)16-6-4-15(5-7-16)23-12-2-3-17(20)19-11-9-14-8-10-18-13-14/h4-7,14,18H,2-3,8-13H2,1H3,(H,19,20). The molecule has 0 saturated carbocycles. The molecule has 0 aliphatic carbocycles. The van der Waals surface area contributed by atoms with Crippen molar-refractivity contribution < 1.29 is 17.9 Å². The Morgan fingerprint density at radius 2 is 2.08 bits per heavy atom. The van der Waals surface area contributed by atoms with Gasteiger partial charge >= 0.3 is 0 Å². The normalized spacial score (nSPS) is 17.6. The summed E-state index contributed by atoms with van der Waals surface area (Å²) in [4.78, 5) is 12.0. The van der Waals surface area contributed by atoms with Crippen molar-refractivity contribution in [3.63, 3.8) is 0 Å². The minimum Gasteiger partial charge on any atom is -0.494 e. The van der Waals surface area contributed by atoms with Gasteiger partial charge in [-0.05, 0) is 62.5 Å². The minimum absolute atomic E-state index is 0.0528. The highest BCUT2D eigenvalue weighted by molar-refractivity contribution is 7.90. The summed E-state index contributed by atoms with van der Waals surface area (Å²) in [7, 11) is -3.18. The van der Waals surface area contributed by atoms with Crippen molar-refractivity contribution in [3.8, 4) is 5.75 Å². The fraction of sp³-hybridized carbons (Fsp3) is 0.588. The Morgan fingerprint density at radius 3 is 2.71 bits per heavy atom. The number of hydrogen-bond acceptors (Lipinski definition) is 5. The molecule has 0 aromatic heterocycles. The number of amides is 1. The number of nitrogens with one attached hydrogen (secondary N) is 2. The quantitative estimate of drug-likeness (QED) is 0.654. The molecule has 0 radical (unpaired) electrons. The molecular formula is C17H26N2O4S. The second-order valence-corrected chi connectivity index (χ2v) is 8.21. The van der Waals surface area contributed by atoms with E-state index in [0.29, 0.717) is 31.1 Å². The number of rotatable bonds is 9. The van der Waals surface area contributed by atoms with Gasteiger partial charge in [0.1, 0.15) is 5.75 Å². The Hall–Kier alpha value is -1.60. The van der Waals surface area contributed by atoms with Gasteiger partial charge in [0.25, 0.3) is 0 Å². The predicted molar refractivity (Wildman–Crippen MR) is 92.9 cm³/mol. The lowest BCUT2D eigenvalue weighted by Gasteiger charge is -2.10. The Morgan fingerprint density at radius 1 is 1.33 bits per heavy atom. The first kappa shape index (κ1) is 18.7. The molecule has 24 heavy (non-hydrogen) atoms. The molecule has 1 atom stereocenters. The molecule has 2 N–H and O–H groups in total. The molecule has 6 nitrogen and oxygen atoms in total. The maximum Gasteiger partial charge on any atom is 0.220 e. The summed E-state index contributed by atoms with van der Waals surface area (Å²) < 4.78 is 28.2. The molecule has 1 aliphatic rings. The van der Waals surface area contributed by atoms with Gasteiger partial charge in [-0.1, -0.05) is 0 Å². The summed E-state index contributed by atoms with van der Waals surface area (Å²) in [6.45, 7) is 3.31. The molecule has 1 aliphatic heterocycles. The fourth-order valence-electron chi connectivity index (χ4n) is 2.67. The smallest absolute Gasteiger partial charge is 0.220 e. The summed E-state index contributed by atoms with van der Waals surface area (Å²) in [5, 5.41) is 6.26. The molecular weight excluding hydrogens is 328 g/mol. The lowest BCUT2D eigenvalue weighted by Crippen LogP contribution is -2.26. The topological polar surface area (TPSA) is 84.5 Å². The maximum atomic E-state index is 11.7. The average Bonchev–Trinajstić information content (AvgIpc) is 3.04. The largest absolute Gasteiger partial charge is 0.494 e. The molecule has 1 saturated heterocycles. The average molecular weight is 354 g/mol. The fourth-order valence-corrected chi connectivity index (χ4v) is 3.30. The van der Waals surface area contributed by atoms with Gasteiger partial charge in [0.2, 0.25) is 5.91 Å². The Bertz CT molecular complexity index is 622. The second-order valence-electron chi connectivity index (χ2n) is 6.19. The van der Waals surface area contributed by atoms with Crippen LogP contribution in [0.2, 0.25) is 0 Å². The van der Waals surface area contributed by atoms with Crippen molar-refractivity contribution in [2.24, 2.45) is 5.92 Å². The summed E-state index contributed by atoms with van der Waals surface area (Å²) in [5.41, 5.74) is 0. The lowest BCUT2D eigenvalue weighted by atomic mass is 10.1. The van der Waals surface area contributed by atoms with Crippen LogP contribution in [-0.4, -0.2) is 46.8 Å². The zero-order valence-electron chi connectivity index (χ0n) is 14.1. The van der Waals surface area contributed by atoms with E-state index in [1.54, 1.807) is 12.1 Å². The Kier molecular flexibility index (Phi) is 7.05. The number of benzene rings is 1. The second kappa shape index (κ2) is 9.03. The van der Waals surface area contributed by atoms with Gasteiger partial charge in [0.15, 0.2) is 9.84 Å². The van der Waals surface area contributed by atoms with Crippen LogP contribution in [0.25, 0.3) is 0 Å². The van der Waals surface area contributed by atoms with Crippen LogP contribution in [0.4, 0.5) is 0 Å². The monoisotopic (exact) mass is 354 g/mol. The molecule has 0 spiro atoms. The van der Waals surface area contributed by atoms with Crippen molar-refractivity contribution >= 4 is 15.7 Å². The molecule has 134 valence electrons. The van der Waals surface area contributed by atoms with E-state index >= 15 is 0 Å². The van der Waals surface area contributed by atoms with Gasteiger partial charge in [-0.3, -0.25) is 4.79 Å². The van der Waals surface area contributed by atoms with E-state index < -0.39 is 9.84 Å². The van der Waals surface area contributed by atoms with E-state index in [2.05, 4.69) is 10.6 Å². The van der Waals surface area contributed by atoms with E-state index in [1.807, 2.05) is 0 Å². The number of sulfone groups is 1. The third-order valence-corrected chi connectivity index (χ3v) is 5.23. The van der Waals surface area contributed by atoms with Crippen LogP contribution in [-0.2, 0) is 14.6 Å². The highest BCUT2D eigenvalue weighted by Gasteiger charge is 2.14. The summed E-state index contributed by atoms with van der Waals surface area (Å²) in [6.07, 6.45) is 4.46. The molecule has 0 bridgehead atoms. The number of carbonyl (C=O) groups is 1. The SMILES string of the molecule is CS(=O)(=O)c1ccc(OCCCC(=O)NCCC2CCNC2)cc1. The van der Waals surface area contributed by atoms with Gasteiger partial charge in [0.05, 0.1) is 11.5 Å². The van der Waals surface area contributed by atoms with E-state index in [-0.39, 0.29) is 10.8 Å².